The van der Waals surface area contributed by atoms with Crippen molar-refractivity contribution in [3.05, 3.63) is 36.4 Å². The van der Waals surface area contributed by atoms with Crippen molar-refractivity contribution in [3.8, 4) is 6.07 Å². The van der Waals surface area contributed by atoms with Gasteiger partial charge in [-0.3, -0.25) is 4.79 Å². The second-order valence-electron chi connectivity index (χ2n) is 4.62. The normalized spacial score (nSPS) is 10.3. The molecule has 0 fully saturated rings. The standard InChI is InChI=1S/C15H16FN5OS/c1-2-20-11-18-19-15(20)23-10-14(22)21(9-3-8-17)13-6-4-12(16)5-7-13/h4-7,11H,2-3,9-10H2,1H3. The second-order valence-corrected chi connectivity index (χ2v) is 5.56. The van der Waals surface area contributed by atoms with Gasteiger partial charge in [0.15, 0.2) is 5.16 Å². The van der Waals surface area contributed by atoms with E-state index in [1.165, 1.54) is 40.9 Å². The molecule has 0 N–H and O–H groups in total. The molecule has 0 aliphatic rings. The van der Waals surface area contributed by atoms with E-state index in [0.717, 1.165) is 6.54 Å². The number of carbonyl (C=O) groups excluding carboxylic acids is 1. The zero-order valence-corrected chi connectivity index (χ0v) is 13.5. The summed E-state index contributed by atoms with van der Waals surface area (Å²) in [4.78, 5) is 14.0. The van der Waals surface area contributed by atoms with Crippen LogP contribution >= 0.6 is 11.8 Å². The van der Waals surface area contributed by atoms with Crippen molar-refractivity contribution in [1.29, 1.82) is 5.26 Å². The first-order chi connectivity index (χ1) is 11.2. The molecule has 0 saturated carbocycles. The van der Waals surface area contributed by atoms with Crippen LogP contribution in [0, 0.1) is 17.1 Å². The molecule has 0 bridgehead atoms. The van der Waals surface area contributed by atoms with E-state index < -0.39 is 0 Å². The molecular weight excluding hydrogens is 317 g/mol. The van der Waals surface area contributed by atoms with Gasteiger partial charge in [-0.05, 0) is 31.2 Å². The molecule has 6 nitrogen and oxygen atoms in total. The lowest BCUT2D eigenvalue weighted by Gasteiger charge is -2.21. The van der Waals surface area contributed by atoms with E-state index >= 15 is 0 Å². The highest BCUT2D eigenvalue weighted by molar-refractivity contribution is 7.99. The zero-order valence-electron chi connectivity index (χ0n) is 12.6. The first kappa shape index (κ1) is 17.0. The van der Waals surface area contributed by atoms with Gasteiger partial charge in [-0.15, -0.1) is 10.2 Å². The number of carbonyl (C=O) groups is 1. The lowest BCUT2D eigenvalue weighted by atomic mass is 10.2. The molecule has 120 valence electrons. The molecule has 1 heterocycles. The third kappa shape index (κ3) is 4.53. The highest BCUT2D eigenvalue weighted by Gasteiger charge is 2.17. The summed E-state index contributed by atoms with van der Waals surface area (Å²) in [6.45, 7) is 2.95. The maximum Gasteiger partial charge on any atom is 0.237 e. The Morgan fingerprint density at radius 1 is 1.43 bits per heavy atom. The number of nitrogens with zero attached hydrogens (tertiary/aromatic N) is 5. The summed E-state index contributed by atoms with van der Waals surface area (Å²) in [7, 11) is 0. The van der Waals surface area contributed by atoms with Crippen molar-refractivity contribution in [2.75, 3.05) is 17.2 Å². The van der Waals surface area contributed by atoms with Crippen LogP contribution in [0.15, 0.2) is 35.7 Å². The second kappa shape index (κ2) is 8.29. The number of thioether (sulfide) groups is 1. The van der Waals surface area contributed by atoms with Gasteiger partial charge >= 0.3 is 0 Å². The van der Waals surface area contributed by atoms with Gasteiger partial charge < -0.3 is 9.47 Å². The molecule has 23 heavy (non-hydrogen) atoms. The lowest BCUT2D eigenvalue weighted by molar-refractivity contribution is -0.116. The Morgan fingerprint density at radius 2 is 2.17 bits per heavy atom. The van der Waals surface area contributed by atoms with Gasteiger partial charge in [0.2, 0.25) is 5.91 Å². The third-order valence-electron chi connectivity index (χ3n) is 3.13. The Kier molecular flexibility index (Phi) is 6.11. The quantitative estimate of drug-likeness (QED) is 0.728. The Morgan fingerprint density at radius 3 is 2.83 bits per heavy atom. The molecule has 1 aromatic heterocycles. The number of rotatable bonds is 7. The summed E-state index contributed by atoms with van der Waals surface area (Å²) in [6.07, 6.45) is 1.82. The summed E-state index contributed by atoms with van der Waals surface area (Å²) in [6, 6.07) is 7.67. The Bertz CT molecular complexity index is 695. The number of halogens is 1. The molecule has 0 spiro atoms. The number of amides is 1. The number of aryl methyl sites for hydroxylation is 1. The molecule has 0 atom stereocenters. The molecule has 2 aromatic rings. The van der Waals surface area contributed by atoms with Crippen LogP contribution in [0.5, 0.6) is 0 Å². The summed E-state index contributed by atoms with van der Waals surface area (Å²) in [5.74, 6) is -0.365. The summed E-state index contributed by atoms with van der Waals surface area (Å²) < 4.78 is 14.9. The minimum Gasteiger partial charge on any atom is -0.311 e. The number of nitriles is 1. The third-order valence-corrected chi connectivity index (χ3v) is 4.10. The van der Waals surface area contributed by atoms with Gasteiger partial charge in [-0.25, -0.2) is 4.39 Å². The first-order valence-corrected chi connectivity index (χ1v) is 8.07. The number of anilines is 1. The van der Waals surface area contributed by atoms with Gasteiger partial charge in [0, 0.05) is 18.8 Å². The fourth-order valence-corrected chi connectivity index (χ4v) is 2.81. The number of benzene rings is 1. The molecule has 0 aliphatic carbocycles. The van der Waals surface area contributed by atoms with E-state index in [2.05, 4.69) is 10.2 Å². The van der Waals surface area contributed by atoms with E-state index in [4.69, 9.17) is 5.26 Å². The molecule has 0 aliphatic heterocycles. The summed E-state index contributed by atoms with van der Waals surface area (Å²) >= 11 is 1.29. The van der Waals surface area contributed by atoms with Gasteiger partial charge in [-0.1, -0.05) is 11.8 Å². The predicted octanol–water partition coefficient (Wildman–Crippen LogP) is 2.48. The topological polar surface area (TPSA) is 74.8 Å². The van der Waals surface area contributed by atoms with Crippen molar-refractivity contribution >= 4 is 23.4 Å². The average molecular weight is 333 g/mol. The highest BCUT2D eigenvalue weighted by Crippen LogP contribution is 2.20. The Hall–Kier alpha value is -2.40. The minimum absolute atomic E-state index is 0.164. The van der Waals surface area contributed by atoms with Gasteiger partial charge in [0.1, 0.15) is 12.1 Å². The fourth-order valence-electron chi connectivity index (χ4n) is 1.96. The SMILES string of the molecule is CCn1cnnc1SCC(=O)N(CCC#N)c1ccc(F)cc1. The zero-order chi connectivity index (χ0) is 16.7. The molecule has 0 radical (unpaired) electrons. The Balaban J connectivity index is 2.07. The van der Waals surface area contributed by atoms with Crippen molar-refractivity contribution in [3.63, 3.8) is 0 Å². The smallest absolute Gasteiger partial charge is 0.237 e. The van der Waals surface area contributed by atoms with Crippen LogP contribution in [0.4, 0.5) is 10.1 Å². The largest absolute Gasteiger partial charge is 0.311 e. The first-order valence-electron chi connectivity index (χ1n) is 7.09. The number of hydrogen-bond acceptors (Lipinski definition) is 5. The van der Waals surface area contributed by atoms with E-state index in [9.17, 15) is 9.18 Å². The fraction of sp³-hybridized carbons (Fsp3) is 0.333. The van der Waals surface area contributed by atoms with Crippen molar-refractivity contribution in [2.24, 2.45) is 0 Å². The number of aromatic nitrogens is 3. The lowest BCUT2D eigenvalue weighted by Crippen LogP contribution is -2.33. The van der Waals surface area contributed by atoms with Crippen LogP contribution in [0.25, 0.3) is 0 Å². The van der Waals surface area contributed by atoms with Crippen molar-refractivity contribution in [2.45, 2.75) is 25.0 Å². The molecule has 8 heteroatoms. The maximum absolute atomic E-state index is 13.0. The highest BCUT2D eigenvalue weighted by atomic mass is 32.2. The van der Waals surface area contributed by atoms with Gasteiger partial charge in [0.25, 0.3) is 0 Å². The maximum atomic E-state index is 13.0. The van der Waals surface area contributed by atoms with Crippen LogP contribution in [-0.4, -0.2) is 33.0 Å². The summed E-state index contributed by atoms with van der Waals surface area (Å²) in [5.41, 5.74) is 0.573. The van der Waals surface area contributed by atoms with Crippen LogP contribution in [0.1, 0.15) is 13.3 Å². The molecule has 1 amide bonds. The van der Waals surface area contributed by atoms with Crippen LogP contribution < -0.4 is 4.90 Å². The molecule has 0 unspecified atom stereocenters. The molecule has 2 rings (SSSR count). The molecule has 1 aromatic carbocycles. The van der Waals surface area contributed by atoms with E-state index in [1.54, 1.807) is 6.33 Å². The van der Waals surface area contributed by atoms with Crippen molar-refractivity contribution in [1.82, 2.24) is 14.8 Å². The predicted molar refractivity (Wildman–Crippen MR) is 85.4 cm³/mol. The average Bonchev–Trinajstić information content (AvgIpc) is 3.02. The minimum atomic E-state index is -0.369. The van der Waals surface area contributed by atoms with E-state index in [-0.39, 0.29) is 30.4 Å². The van der Waals surface area contributed by atoms with Gasteiger partial charge in [0.05, 0.1) is 18.2 Å². The molecular formula is C15H16FN5OS. The van der Waals surface area contributed by atoms with Crippen LogP contribution in [-0.2, 0) is 11.3 Å². The van der Waals surface area contributed by atoms with E-state index in [0.29, 0.717) is 10.8 Å². The molecule has 0 saturated heterocycles. The van der Waals surface area contributed by atoms with Crippen LogP contribution in [0.3, 0.4) is 0 Å². The number of hydrogen-bond donors (Lipinski definition) is 0. The van der Waals surface area contributed by atoms with E-state index in [1.807, 2.05) is 17.6 Å². The van der Waals surface area contributed by atoms with Gasteiger partial charge in [-0.2, -0.15) is 5.26 Å². The Labute approximate surface area is 137 Å². The summed E-state index contributed by atoms with van der Waals surface area (Å²) in [5, 5.41) is 17.2. The van der Waals surface area contributed by atoms with Crippen molar-refractivity contribution < 1.29 is 9.18 Å². The monoisotopic (exact) mass is 333 g/mol. The van der Waals surface area contributed by atoms with Crippen LogP contribution in [0.2, 0.25) is 0 Å².